The molecule has 2 aromatic rings. The zero-order valence-electron chi connectivity index (χ0n) is 14.1. The zero-order valence-corrected chi connectivity index (χ0v) is 14.9. The van der Waals surface area contributed by atoms with Crippen molar-refractivity contribution in [2.75, 3.05) is 26.1 Å². The van der Waals surface area contributed by atoms with Crippen LogP contribution in [0.25, 0.3) is 0 Å². The van der Waals surface area contributed by atoms with Gasteiger partial charge in [0.05, 0.1) is 25.4 Å². The number of hydrogen-bond acceptors (Lipinski definition) is 5. The van der Waals surface area contributed by atoms with Gasteiger partial charge in [0.2, 0.25) is 0 Å². The van der Waals surface area contributed by atoms with Crippen molar-refractivity contribution in [1.82, 2.24) is 15.6 Å². The molecule has 1 aromatic carbocycles. The fraction of sp³-hybridized carbons (Fsp3) is 0.412. The van der Waals surface area contributed by atoms with Crippen molar-refractivity contribution >= 4 is 22.5 Å². The summed E-state index contributed by atoms with van der Waals surface area (Å²) in [6.45, 7) is 0.424. The number of nitrogens with zero attached hydrogens (tertiary/aromatic N) is 2. The largest absolute Gasteiger partial charge is 0.496 e. The van der Waals surface area contributed by atoms with Crippen LogP contribution in [0.3, 0.4) is 0 Å². The molecule has 24 heavy (non-hydrogen) atoms. The van der Waals surface area contributed by atoms with Gasteiger partial charge in [0, 0.05) is 19.5 Å². The minimum Gasteiger partial charge on any atom is -0.496 e. The monoisotopic (exact) mass is 346 g/mol. The number of methoxy groups -OCH3 is 1. The first-order chi connectivity index (χ1) is 11.6. The normalized spacial score (nSPS) is 15.7. The molecule has 3 rings (SSSR count). The highest BCUT2D eigenvalue weighted by Crippen LogP contribution is 2.36. The lowest BCUT2D eigenvalue weighted by Gasteiger charge is -2.15. The minimum atomic E-state index is -0.171. The maximum atomic E-state index is 12.2. The quantitative estimate of drug-likeness (QED) is 0.874. The average Bonchev–Trinajstić information content (AvgIpc) is 3.20. The van der Waals surface area contributed by atoms with Crippen LogP contribution in [0.5, 0.6) is 5.75 Å². The van der Waals surface area contributed by atoms with Crippen molar-refractivity contribution in [3.63, 3.8) is 0 Å². The standard InChI is InChI=1S/C17H22N4O2S/c1-21(2)17-19-11(10-24-17)9-18-16(22)20-14-8-7-13-12(14)5-4-6-15(13)23-3/h4-6,10,14H,7-9H2,1-3H3,(H2,18,20,22)/t14-/m1/s1. The van der Waals surface area contributed by atoms with Crippen molar-refractivity contribution in [1.29, 1.82) is 0 Å². The third kappa shape index (κ3) is 3.46. The van der Waals surface area contributed by atoms with E-state index in [9.17, 15) is 4.79 Å². The molecule has 0 unspecified atom stereocenters. The maximum absolute atomic E-state index is 12.2. The molecule has 1 aliphatic carbocycles. The third-order valence-electron chi connectivity index (χ3n) is 4.11. The maximum Gasteiger partial charge on any atom is 0.315 e. The molecule has 0 radical (unpaired) electrons. The van der Waals surface area contributed by atoms with Gasteiger partial charge >= 0.3 is 6.03 Å². The number of thiazole rings is 1. The molecule has 0 spiro atoms. The highest BCUT2D eigenvalue weighted by Gasteiger charge is 2.26. The van der Waals surface area contributed by atoms with Gasteiger partial charge in [-0.3, -0.25) is 0 Å². The summed E-state index contributed by atoms with van der Waals surface area (Å²) < 4.78 is 5.40. The molecule has 0 saturated heterocycles. The Labute approximate surface area is 145 Å². The smallest absolute Gasteiger partial charge is 0.315 e. The van der Waals surface area contributed by atoms with Gasteiger partial charge in [0.25, 0.3) is 0 Å². The van der Waals surface area contributed by atoms with Gasteiger partial charge in [-0.25, -0.2) is 9.78 Å². The molecule has 0 bridgehead atoms. The first-order valence-electron chi connectivity index (χ1n) is 7.90. The molecule has 1 aromatic heterocycles. The molecule has 1 aliphatic rings. The van der Waals surface area contributed by atoms with Crippen molar-refractivity contribution < 1.29 is 9.53 Å². The van der Waals surface area contributed by atoms with Gasteiger partial charge in [-0.05, 0) is 30.0 Å². The number of nitrogens with one attached hydrogen (secondary N) is 2. The molecule has 128 valence electrons. The van der Waals surface area contributed by atoms with E-state index in [2.05, 4.69) is 21.7 Å². The summed E-state index contributed by atoms with van der Waals surface area (Å²) in [6.07, 6.45) is 1.81. The summed E-state index contributed by atoms with van der Waals surface area (Å²) in [5, 5.41) is 8.83. The minimum absolute atomic E-state index is 0.0304. The Bertz CT molecular complexity index is 729. The fourth-order valence-corrected chi connectivity index (χ4v) is 3.68. The second-order valence-electron chi connectivity index (χ2n) is 5.96. The second kappa shape index (κ2) is 7.09. The van der Waals surface area contributed by atoms with Crippen LogP contribution >= 0.6 is 11.3 Å². The molecule has 6 nitrogen and oxygen atoms in total. The average molecular weight is 346 g/mol. The number of rotatable bonds is 5. The predicted molar refractivity (Wildman–Crippen MR) is 95.9 cm³/mol. The zero-order chi connectivity index (χ0) is 17.1. The van der Waals surface area contributed by atoms with E-state index in [1.54, 1.807) is 18.4 Å². The Hall–Kier alpha value is -2.28. The summed E-state index contributed by atoms with van der Waals surface area (Å²) in [6, 6.07) is 5.84. The van der Waals surface area contributed by atoms with Gasteiger partial charge in [-0.1, -0.05) is 12.1 Å². The van der Waals surface area contributed by atoms with Crippen LogP contribution in [0, 0.1) is 0 Å². The first-order valence-corrected chi connectivity index (χ1v) is 8.78. The SMILES string of the molecule is COc1cccc2c1CC[C@H]2NC(=O)NCc1csc(N(C)C)n1. The number of amides is 2. The number of aromatic nitrogens is 1. The lowest BCUT2D eigenvalue weighted by Crippen LogP contribution is -2.37. The van der Waals surface area contributed by atoms with Crippen LogP contribution in [-0.2, 0) is 13.0 Å². The summed E-state index contributed by atoms with van der Waals surface area (Å²) in [5.74, 6) is 0.899. The van der Waals surface area contributed by atoms with E-state index in [1.807, 2.05) is 36.5 Å². The van der Waals surface area contributed by atoms with Crippen LogP contribution in [0.15, 0.2) is 23.6 Å². The number of carbonyl (C=O) groups excluding carboxylic acids is 1. The second-order valence-corrected chi connectivity index (χ2v) is 6.80. The fourth-order valence-electron chi connectivity index (χ4n) is 2.92. The van der Waals surface area contributed by atoms with E-state index >= 15 is 0 Å². The van der Waals surface area contributed by atoms with Gasteiger partial charge in [-0.15, -0.1) is 11.3 Å². The summed E-state index contributed by atoms with van der Waals surface area (Å²) in [4.78, 5) is 18.6. The van der Waals surface area contributed by atoms with Crippen molar-refractivity contribution in [2.45, 2.75) is 25.4 Å². The molecule has 0 saturated carbocycles. The Morgan fingerprint density at radius 2 is 2.29 bits per heavy atom. The number of fused-ring (bicyclic) bond motifs is 1. The molecule has 0 aliphatic heterocycles. The molecule has 0 fully saturated rings. The molecule has 7 heteroatoms. The summed E-state index contributed by atoms with van der Waals surface area (Å²) in [7, 11) is 5.59. The number of anilines is 1. The summed E-state index contributed by atoms with van der Waals surface area (Å²) in [5.41, 5.74) is 3.21. The van der Waals surface area contributed by atoms with E-state index in [4.69, 9.17) is 4.74 Å². The Balaban J connectivity index is 1.57. The lowest BCUT2D eigenvalue weighted by molar-refractivity contribution is 0.236. The van der Waals surface area contributed by atoms with Gasteiger partial charge in [0.15, 0.2) is 5.13 Å². The number of benzene rings is 1. The van der Waals surface area contributed by atoms with E-state index < -0.39 is 0 Å². The van der Waals surface area contributed by atoms with Gasteiger partial charge in [-0.2, -0.15) is 0 Å². The lowest BCUT2D eigenvalue weighted by atomic mass is 10.1. The highest BCUT2D eigenvalue weighted by atomic mass is 32.1. The van der Waals surface area contributed by atoms with Crippen LogP contribution in [-0.4, -0.2) is 32.2 Å². The highest BCUT2D eigenvalue weighted by molar-refractivity contribution is 7.13. The molecule has 2 N–H and O–H groups in total. The van der Waals surface area contributed by atoms with Crippen LogP contribution in [0.4, 0.5) is 9.93 Å². The van der Waals surface area contributed by atoms with E-state index in [0.717, 1.165) is 35.0 Å². The van der Waals surface area contributed by atoms with E-state index in [0.29, 0.717) is 6.54 Å². The predicted octanol–water partition coefficient (Wildman–Crippen LogP) is 2.70. The molecule has 1 heterocycles. The Morgan fingerprint density at radius 3 is 3.00 bits per heavy atom. The Morgan fingerprint density at radius 1 is 1.46 bits per heavy atom. The number of ether oxygens (including phenoxy) is 1. The first kappa shape index (κ1) is 16.6. The molecule has 2 amide bonds. The Kier molecular flexibility index (Phi) is 4.89. The van der Waals surface area contributed by atoms with Crippen LogP contribution in [0.2, 0.25) is 0 Å². The number of hydrogen-bond donors (Lipinski definition) is 2. The van der Waals surface area contributed by atoms with Crippen LogP contribution in [0.1, 0.15) is 29.3 Å². The van der Waals surface area contributed by atoms with Crippen molar-refractivity contribution in [3.05, 3.63) is 40.4 Å². The molecular weight excluding hydrogens is 324 g/mol. The van der Waals surface area contributed by atoms with Gasteiger partial charge < -0.3 is 20.3 Å². The topological polar surface area (TPSA) is 66.5 Å². The third-order valence-corrected chi connectivity index (χ3v) is 5.16. The van der Waals surface area contributed by atoms with Crippen molar-refractivity contribution in [3.8, 4) is 5.75 Å². The van der Waals surface area contributed by atoms with Crippen molar-refractivity contribution in [2.24, 2.45) is 0 Å². The molecule has 1 atom stereocenters. The number of carbonyl (C=O) groups is 1. The summed E-state index contributed by atoms with van der Waals surface area (Å²) >= 11 is 1.57. The molecular formula is C17H22N4O2S. The van der Waals surface area contributed by atoms with E-state index in [1.165, 1.54) is 5.56 Å². The number of urea groups is 1. The van der Waals surface area contributed by atoms with Crippen LogP contribution < -0.4 is 20.3 Å². The van der Waals surface area contributed by atoms with E-state index in [-0.39, 0.29) is 12.1 Å². The van der Waals surface area contributed by atoms with Gasteiger partial charge in [0.1, 0.15) is 5.75 Å².